The van der Waals surface area contributed by atoms with E-state index in [0.717, 1.165) is 10.6 Å². The number of amides is 1. The molecule has 0 atom stereocenters. The van der Waals surface area contributed by atoms with Gasteiger partial charge < -0.3 is 4.74 Å². The average Bonchev–Trinajstić information content (AvgIpc) is 2.59. The zero-order valence-electron chi connectivity index (χ0n) is 14.2. The molecule has 2 rings (SSSR count). The van der Waals surface area contributed by atoms with E-state index in [-0.39, 0.29) is 25.3 Å². The van der Waals surface area contributed by atoms with Crippen LogP contribution in [0.5, 0.6) is 0 Å². The fraction of sp³-hybridized carbons (Fsp3) is 0.471. The Morgan fingerprint density at radius 3 is 2.84 bits per heavy atom. The molecule has 0 fully saturated rings. The number of carbonyl (C=O) groups excluding carboxylic acids is 2. The number of aromatic nitrogens is 1. The van der Waals surface area contributed by atoms with E-state index in [0.29, 0.717) is 12.0 Å². The van der Waals surface area contributed by atoms with Crippen molar-refractivity contribution in [2.24, 2.45) is 0 Å². The Hall–Kier alpha value is -2.35. The van der Waals surface area contributed by atoms with Gasteiger partial charge in [0.1, 0.15) is 5.69 Å². The summed E-state index contributed by atoms with van der Waals surface area (Å²) in [5, 5.41) is 1.12. The van der Waals surface area contributed by atoms with Crippen LogP contribution in [0.4, 0.5) is 8.78 Å². The number of halogens is 2. The Morgan fingerprint density at radius 1 is 1.44 bits per heavy atom. The summed E-state index contributed by atoms with van der Waals surface area (Å²) in [6.45, 7) is 3.15. The van der Waals surface area contributed by atoms with Gasteiger partial charge in [-0.1, -0.05) is 11.6 Å². The molecule has 1 N–H and O–H groups in total. The van der Waals surface area contributed by atoms with Crippen molar-refractivity contribution in [1.29, 1.82) is 0 Å². The van der Waals surface area contributed by atoms with E-state index >= 15 is 0 Å². The van der Waals surface area contributed by atoms with Gasteiger partial charge in [0.15, 0.2) is 0 Å². The lowest BCUT2D eigenvalue weighted by Crippen LogP contribution is -2.50. The van der Waals surface area contributed by atoms with Gasteiger partial charge >= 0.3 is 11.9 Å². The summed E-state index contributed by atoms with van der Waals surface area (Å²) in [6.07, 6.45) is 1.63. The van der Waals surface area contributed by atoms with Crippen molar-refractivity contribution in [3.63, 3.8) is 0 Å². The molecule has 0 unspecified atom stereocenters. The number of hydrazine groups is 1. The van der Waals surface area contributed by atoms with Crippen molar-refractivity contribution in [3.8, 4) is 0 Å². The first-order valence-electron chi connectivity index (χ1n) is 8.04. The Kier molecular flexibility index (Phi) is 6.19. The van der Waals surface area contributed by atoms with Crippen molar-refractivity contribution in [2.45, 2.75) is 32.6 Å². The van der Waals surface area contributed by atoms with Gasteiger partial charge in [-0.25, -0.2) is 5.43 Å². The number of rotatable bonds is 7. The number of esters is 1. The number of hydrogen-bond donors (Lipinski definition) is 1. The third kappa shape index (κ3) is 4.82. The number of ether oxygens (including phenoxy) is 1. The molecule has 1 aromatic rings. The highest BCUT2D eigenvalue weighted by atomic mass is 19.3. The third-order valence-electron chi connectivity index (χ3n) is 3.89. The Bertz CT molecular complexity index is 662. The summed E-state index contributed by atoms with van der Waals surface area (Å²) >= 11 is 0. The molecule has 1 aliphatic heterocycles. The summed E-state index contributed by atoms with van der Waals surface area (Å²) in [7, 11) is 0. The van der Waals surface area contributed by atoms with Crippen LogP contribution in [0, 0.1) is 0 Å². The Morgan fingerprint density at radius 2 is 2.20 bits per heavy atom. The van der Waals surface area contributed by atoms with Gasteiger partial charge in [0.05, 0.1) is 19.6 Å². The summed E-state index contributed by atoms with van der Waals surface area (Å²) in [4.78, 5) is 27.8. The van der Waals surface area contributed by atoms with Crippen LogP contribution in [-0.2, 0) is 20.2 Å². The van der Waals surface area contributed by atoms with Crippen molar-refractivity contribution in [2.75, 3.05) is 19.7 Å². The normalized spacial score (nSPS) is 15.5. The number of nitrogens with one attached hydrogen (secondary N) is 1. The monoisotopic (exact) mass is 353 g/mol. The van der Waals surface area contributed by atoms with Crippen LogP contribution < -0.4 is 5.43 Å². The molecule has 136 valence electrons. The van der Waals surface area contributed by atoms with E-state index in [1.165, 1.54) is 18.3 Å². The quantitative estimate of drug-likeness (QED) is 0.761. The van der Waals surface area contributed by atoms with Crippen LogP contribution in [0.25, 0.3) is 0 Å². The Labute approximate surface area is 144 Å². The molecule has 0 saturated heterocycles. The highest BCUT2D eigenvalue weighted by Gasteiger charge is 2.35. The van der Waals surface area contributed by atoms with Gasteiger partial charge in [-0.05, 0) is 32.4 Å². The zero-order valence-corrected chi connectivity index (χ0v) is 14.2. The minimum absolute atomic E-state index is 0.159. The summed E-state index contributed by atoms with van der Waals surface area (Å²) in [5.74, 6) is -4.21. The van der Waals surface area contributed by atoms with Crippen LogP contribution in [0.15, 0.2) is 35.5 Å². The molecule has 0 bridgehead atoms. The molecule has 25 heavy (non-hydrogen) atoms. The largest absolute Gasteiger partial charge is 0.466 e. The minimum Gasteiger partial charge on any atom is -0.466 e. The fourth-order valence-corrected chi connectivity index (χ4v) is 2.48. The van der Waals surface area contributed by atoms with Crippen molar-refractivity contribution in [1.82, 2.24) is 15.4 Å². The average molecular weight is 353 g/mol. The van der Waals surface area contributed by atoms with Crippen LogP contribution in [0.1, 0.15) is 32.4 Å². The van der Waals surface area contributed by atoms with Gasteiger partial charge in [-0.15, -0.1) is 0 Å². The van der Waals surface area contributed by atoms with Gasteiger partial charge in [0.2, 0.25) is 0 Å². The standard InChI is InChI=1S/C17H21F2N3O3/c1-3-25-15(23)10-13-12(2)7-9-22(16(13)24)21-11-17(18,19)14-6-4-5-8-20-14/h4-6,8,21H,3,7,9-11H2,1-2H3. The van der Waals surface area contributed by atoms with Crippen LogP contribution in [0.2, 0.25) is 0 Å². The first-order chi connectivity index (χ1) is 11.8. The number of carbonyl (C=O) groups is 2. The Balaban J connectivity index is 2.02. The van der Waals surface area contributed by atoms with Crippen LogP contribution >= 0.6 is 0 Å². The summed E-state index contributed by atoms with van der Waals surface area (Å²) in [6, 6.07) is 4.26. The molecule has 0 aliphatic carbocycles. The molecule has 1 aromatic heterocycles. The smallest absolute Gasteiger partial charge is 0.310 e. The topological polar surface area (TPSA) is 71.5 Å². The fourth-order valence-electron chi connectivity index (χ4n) is 2.48. The molecule has 0 spiro atoms. The van der Waals surface area contributed by atoms with Gasteiger partial charge in [0, 0.05) is 18.3 Å². The molecular weight excluding hydrogens is 332 g/mol. The molecule has 0 aromatic carbocycles. The number of alkyl halides is 2. The molecule has 1 aliphatic rings. The number of nitrogens with zero attached hydrogens (tertiary/aromatic N) is 2. The minimum atomic E-state index is -3.22. The predicted molar refractivity (Wildman–Crippen MR) is 86.4 cm³/mol. The van der Waals surface area contributed by atoms with Gasteiger partial charge in [-0.2, -0.15) is 8.78 Å². The molecule has 0 saturated carbocycles. The van der Waals surface area contributed by atoms with E-state index in [2.05, 4.69) is 10.4 Å². The van der Waals surface area contributed by atoms with Crippen molar-refractivity contribution < 1.29 is 23.1 Å². The van der Waals surface area contributed by atoms with Crippen molar-refractivity contribution >= 4 is 11.9 Å². The van der Waals surface area contributed by atoms with Gasteiger partial charge in [-0.3, -0.25) is 19.6 Å². The lowest BCUT2D eigenvalue weighted by Gasteiger charge is -2.31. The van der Waals surface area contributed by atoms with Crippen LogP contribution in [-0.4, -0.2) is 41.6 Å². The van der Waals surface area contributed by atoms with Crippen LogP contribution in [0.3, 0.4) is 0 Å². The predicted octanol–water partition coefficient (Wildman–Crippen LogP) is 2.18. The maximum absolute atomic E-state index is 14.2. The van der Waals surface area contributed by atoms with Gasteiger partial charge in [0.25, 0.3) is 5.91 Å². The zero-order chi connectivity index (χ0) is 18.4. The molecule has 0 radical (unpaired) electrons. The summed E-state index contributed by atoms with van der Waals surface area (Å²) < 4.78 is 33.2. The van der Waals surface area contributed by atoms with E-state index < -0.39 is 24.3 Å². The second-order valence-electron chi connectivity index (χ2n) is 5.70. The second-order valence-corrected chi connectivity index (χ2v) is 5.70. The maximum atomic E-state index is 14.2. The highest BCUT2D eigenvalue weighted by molar-refractivity contribution is 5.98. The third-order valence-corrected chi connectivity index (χ3v) is 3.89. The molecule has 1 amide bonds. The second kappa shape index (κ2) is 8.15. The molecule has 6 nitrogen and oxygen atoms in total. The van der Waals surface area contributed by atoms with E-state index in [9.17, 15) is 18.4 Å². The van der Waals surface area contributed by atoms with Crippen molar-refractivity contribution in [3.05, 3.63) is 41.2 Å². The SMILES string of the molecule is CCOC(=O)CC1=C(C)CCN(NCC(F)(F)c2ccccn2)C1=O. The maximum Gasteiger partial charge on any atom is 0.310 e. The first-order valence-corrected chi connectivity index (χ1v) is 8.04. The molecule has 2 heterocycles. The molecular formula is C17H21F2N3O3. The van der Waals surface area contributed by atoms with E-state index in [4.69, 9.17) is 4.74 Å². The van der Waals surface area contributed by atoms with E-state index in [1.807, 2.05) is 0 Å². The number of hydrogen-bond acceptors (Lipinski definition) is 5. The molecule has 8 heteroatoms. The first kappa shape index (κ1) is 19.0. The lowest BCUT2D eigenvalue weighted by molar-refractivity contribution is -0.144. The number of pyridine rings is 1. The summed E-state index contributed by atoms with van der Waals surface area (Å²) in [5.41, 5.74) is 3.16. The van der Waals surface area contributed by atoms with E-state index in [1.54, 1.807) is 19.9 Å². The highest BCUT2D eigenvalue weighted by Crippen LogP contribution is 2.26. The lowest BCUT2D eigenvalue weighted by atomic mass is 9.99.